The SMILES string of the molecule is CCNc1nc(Cl)nc(NCCN2CCOCC2)n1. The molecule has 2 heterocycles. The molecule has 0 aromatic carbocycles. The molecule has 2 rings (SSSR count). The Kier molecular flexibility index (Phi) is 5.56. The van der Waals surface area contributed by atoms with E-state index in [2.05, 4.69) is 30.5 Å². The Morgan fingerprint density at radius 2 is 1.84 bits per heavy atom. The number of aromatic nitrogens is 3. The minimum atomic E-state index is 0.194. The van der Waals surface area contributed by atoms with Crippen molar-refractivity contribution in [2.45, 2.75) is 6.92 Å². The second-order valence-corrected chi connectivity index (χ2v) is 4.50. The minimum Gasteiger partial charge on any atom is -0.379 e. The average molecular weight is 287 g/mol. The topological polar surface area (TPSA) is 75.2 Å². The number of hydrogen-bond acceptors (Lipinski definition) is 7. The van der Waals surface area contributed by atoms with Crippen molar-refractivity contribution >= 4 is 23.5 Å². The number of anilines is 2. The van der Waals surface area contributed by atoms with Crippen LogP contribution < -0.4 is 10.6 Å². The van der Waals surface area contributed by atoms with Gasteiger partial charge in [-0.15, -0.1) is 0 Å². The van der Waals surface area contributed by atoms with Crippen LogP contribution in [0.15, 0.2) is 0 Å². The Labute approximate surface area is 117 Å². The molecule has 0 unspecified atom stereocenters. The number of hydrogen-bond donors (Lipinski definition) is 2. The van der Waals surface area contributed by atoms with Crippen molar-refractivity contribution in [1.29, 1.82) is 0 Å². The molecule has 0 saturated carbocycles. The lowest BCUT2D eigenvalue weighted by molar-refractivity contribution is 0.0398. The molecule has 1 saturated heterocycles. The van der Waals surface area contributed by atoms with Gasteiger partial charge in [-0.1, -0.05) is 0 Å². The first-order chi connectivity index (χ1) is 9.28. The summed E-state index contributed by atoms with van der Waals surface area (Å²) in [6.07, 6.45) is 0. The monoisotopic (exact) mass is 286 g/mol. The number of rotatable bonds is 6. The minimum absolute atomic E-state index is 0.194. The van der Waals surface area contributed by atoms with Crippen LogP contribution in [0.5, 0.6) is 0 Å². The van der Waals surface area contributed by atoms with Crippen molar-refractivity contribution in [3.63, 3.8) is 0 Å². The predicted octanol–water partition coefficient (Wildman–Crippen LogP) is 0.701. The van der Waals surface area contributed by atoms with Gasteiger partial charge in [0.1, 0.15) is 0 Å². The summed E-state index contributed by atoms with van der Waals surface area (Å²) in [6.45, 7) is 7.99. The third-order valence-electron chi connectivity index (χ3n) is 2.76. The van der Waals surface area contributed by atoms with E-state index >= 15 is 0 Å². The Morgan fingerprint density at radius 1 is 1.16 bits per heavy atom. The van der Waals surface area contributed by atoms with E-state index in [1.54, 1.807) is 0 Å². The second-order valence-electron chi connectivity index (χ2n) is 4.16. The molecule has 0 aliphatic carbocycles. The number of ether oxygens (including phenoxy) is 1. The molecule has 1 fully saturated rings. The van der Waals surface area contributed by atoms with Gasteiger partial charge in [-0.2, -0.15) is 15.0 Å². The summed E-state index contributed by atoms with van der Waals surface area (Å²) >= 11 is 5.84. The van der Waals surface area contributed by atoms with E-state index in [0.717, 1.165) is 45.9 Å². The molecular formula is C11H19ClN6O. The second kappa shape index (κ2) is 7.42. The Morgan fingerprint density at radius 3 is 2.53 bits per heavy atom. The van der Waals surface area contributed by atoms with E-state index in [1.807, 2.05) is 6.92 Å². The van der Waals surface area contributed by atoms with Gasteiger partial charge in [0.25, 0.3) is 0 Å². The zero-order chi connectivity index (χ0) is 13.5. The van der Waals surface area contributed by atoms with Gasteiger partial charge in [0, 0.05) is 32.7 Å². The fourth-order valence-corrected chi connectivity index (χ4v) is 1.98. The number of morpholine rings is 1. The highest BCUT2D eigenvalue weighted by molar-refractivity contribution is 6.28. The quantitative estimate of drug-likeness (QED) is 0.797. The number of halogens is 1. The van der Waals surface area contributed by atoms with Crippen LogP contribution in [-0.4, -0.2) is 65.8 Å². The van der Waals surface area contributed by atoms with Crippen LogP contribution in [0.1, 0.15) is 6.92 Å². The smallest absolute Gasteiger partial charge is 0.228 e. The van der Waals surface area contributed by atoms with Gasteiger partial charge in [-0.05, 0) is 18.5 Å². The van der Waals surface area contributed by atoms with Crippen molar-refractivity contribution in [2.24, 2.45) is 0 Å². The van der Waals surface area contributed by atoms with Crippen LogP contribution in [0.25, 0.3) is 0 Å². The summed E-state index contributed by atoms with van der Waals surface area (Å²) in [5, 5.41) is 6.37. The van der Waals surface area contributed by atoms with Crippen molar-refractivity contribution in [3.8, 4) is 0 Å². The maximum atomic E-state index is 5.84. The molecule has 0 atom stereocenters. The number of nitrogens with one attached hydrogen (secondary N) is 2. The van der Waals surface area contributed by atoms with E-state index in [1.165, 1.54) is 0 Å². The summed E-state index contributed by atoms with van der Waals surface area (Å²) in [6, 6.07) is 0. The molecule has 1 aromatic heterocycles. The highest BCUT2D eigenvalue weighted by Gasteiger charge is 2.10. The lowest BCUT2D eigenvalue weighted by atomic mass is 10.4. The van der Waals surface area contributed by atoms with Crippen LogP contribution in [-0.2, 0) is 4.74 Å². The molecule has 1 aliphatic heterocycles. The molecule has 19 heavy (non-hydrogen) atoms. The Balaban J connectivity index is 1.81. The first-order valence-electron chi connectivity index (χ1n) is 6.47. The largest absolute Gasteiger partial charge is 0.379 e. The van der Waals surface area contributed by atoms with Crippen molar-refractivity contribution in [1.82, 2.24) is 19.9 Å². The third kappa shape index (κ3) is 4.77. The van der Waals surface area contributed by atoms with Gasteiger partial charge >= 0.3 is 0 Å². The van der Waals surface area contributed by atoms with E-state index < -0.39 is 0 Å². The summed E-state index contributed by atoms with van der Waals surface area (Å²) in [5.74, 6) is 1.00. The van der Waals surface area contributed by atoms with Crippen LogP contribution in [0.3, 0.4) is 0 Å². The van der Waals surface area contributed by atoms with Crippen LogP contribution >= 0.6 is 11.6 Å². The lowest BCUT2D eigenvalue weighted by Gasteiger charge is -2.26. The van der Waals surface area contributed by atoms with Crippen molar-refractivity contribution in [3.05, 3.63) is 5.28 Å². The van der Waals surface area contributed by atoms with Gasteiger partial charge < -0.3 is 15.4 Å². The van der Waals surface area contributed by atoms with Gasteiger partial charge in [0.15, 0.2) is 0 Å². The van der Waals surface area contributed by atoms with Gasteiger partial charge in [-0.3, -0.25) is 4.90 Å². The van der Waals surface area contributed by atoms with Gasteiger partial charge in [0.2, 0.25) is 17.2 Å². The molecular weight excluding hydrogens is 268 g/mol. The molecule has 2 N–H and O–H groups in total. The lowest BCUT2D eigenvalue weighted by Crippen LogP contribution is -2.39. The first kappa shape index (κ1) is 14.2. The van der Waals surface area contributed by atoms with E-state index in [0.29, 0.717) is 11.9 Å². The number of nitrogens with zero attached hydrogens (tertiary/aromatic N) is 4. The molecule has 106 valence electrons. The maximum Gasteiger partial charge on any atom is 0.228 e. The first-order valence-corrected chi connectivity index (χ1v) is 6.85. The summed E-state index contributed by atoms with van der Waals surface area (Å²) in [5.41, 5.74) is 0. The standard InChI is InChI=1S/C11H19ClN6O/c1-2-13-10-15-9(12)16-11(17-10)14-3-4-18-5-7-19-8-6-18/h2-8H2,1H3,(H2,13,14,15,16,17). The highest BCUT2D eigenvalue weighted by Crippen LogP contribution is 2.09. The molecule has 0 amide bonds. The Bertz CT molecular complexity index is 399. The normalized spacial score (nSPS) is 16.3. The van der Waals surface area contributed by atoms with Crippen molar-refractivity contribution < 1.29 is 4.74 Å². The van der Waals surface area contributed by atoms with Crippen LogP contribution in [0.2, 0.25) is 5.28 Å². The molecule has 0 spiro atoms. The Hall–Kier alpha value is -1.18. The zero-order valence-corrected chi connectivity index (χ0v) is 11.8. The fourth-order valence-electron chi connectivity index (χ4n) is 1.82. The van der Waals surface area contributed by atoms with E-state index in [-0.39, 0.29) is 5.28 Å². The van der Waals surface area contributed by atoms with E-state index in [4.69, 9.17) is 16.3 Å². The molecule has 0 radical (unpaired) electrons. The molecule has 7 nitrogen and oxygen atoms in total. The van der Waals surface area contributed by atoms with E-state index in [9.17, 15) is 0 Å². The van der Waals surface area contributed by atoms with Gasteiger partial charge in [-0.25, -0.2) is 0 Å². The molecule has 8 heteroatoms. The molecule has 1 aromatic rings. The fraction of sp³-hybridized carbons (Fsp3) is 0.727. The summed E-state index contributed by atoms with van der Waals surface area (Å²) in [7, 11) is 0. The zero-order valence-electron chi connectivity index (χ0n) is 11.0. The predicted molar refractivity (Wildman–Crippen MR) is 74.7 cm³/mol. The van der Waals surface area contributed by atoms with Crippen molar-refractivity contribution in [2.75, 3.05) is 56.6 Å². The van der Waals surface area contributed by atoms with Gasteiger partial charge in [0.05, 0.1) is 13.2 Å². The molecule has 1 aliphatic rings. The molecule has 0 bridgehead atoms. The van der Waals surface area contributed by atoms with Crippen LogP contribution in [0.4, 0.5) is 11.9 Å². The summed E-state index contributed by atoms with van der Waals surface area (Å²) < 4.78 is 5.30. The average Bonchev–Trinajstić information content (AvgIpc) is 2.40. The third-order valence-corrected chi connectivity index (χ3v) is 2.93. The highest BCUT2D eigenvalue weighted by atomic mass is 35.5. The van der Waals surface area contributed by atoms with Crippen LogP contribution in [0, 0.1) is 0 Å². The maximum absolute atomic E-state index is 5.84. The summed E-state index contributed by atoms with van der Waals surface area (Å²) in [4.78, 5) is 14.6.